The van der Waals surface area contributed by atoms with Crippen LogP contribution in [0.2, 0.25) is 0 Å². The first-order chi connectivity index (χ1) is 14.0. The average molecular weight is 423 g/mol. The normalized spacial score (nSPS) is 11.4. The smallest absolute Gasteiger partial charge is 0.241 e. The molecule has 1 N–H and O–H groups in total. The third-order valence-corrected chi connectivity index (χ3v) is 6.63. The Labute approximate surface area is 173 Å². The maximum absolute atomic E-state index is 12.3. The molecule has 4 aromatic rings. The molecule has 0 saturated heterocycles. The van der Waals surface area contributed by atoms with Gasteiger partial charge < -0.3 is 5.32 Å². The fraction of sp³-hybridized carbons (Fsp3) is 0.0909. The van der Waals surface area contributed by atoms with Gasteiger partial charge in [0, 0.05) is 10.9 Å². The molecule has 0 atom stereocenters. The predicted molar refractivity (Wildman–Crippen MR) is 118 cm³/mol. The number of anilines is 1. The minimum absolute atomic E-state index is 0.166. The zero-order chi connectivity index (χ0) is 20.3. The van der Waals surface area contributed by atoms with Gasteiger partial charge in [0.25, 0.3) is 0 Å². The molecular formula is C22H18N2O3S2. The lowest BCUT2D eigenvalue weighted by Crippen LogP contribution is -2.23. The van der Waals surface area contributed by atoms with Gasteiger partial charge in [0.15, 0.2) is 15.0 Å². The molecule has 0 spiro atoms. The van der Waals surface area contributed by atoms with Crippen LogP contribution in [0.25, 0.3) is 22.0 Å². The molecule has 1 amide bonds. The number of rotatable bonds is 6. The van der Waals surface area contributed by atoms with Crippen LogP contribution in [0.3, 0.4) is 0 Å². The van der Waals surface area contributed by atoms with Gasteiger partial charge in [-0.1, -0.05) is 72.8 Å². The van der Waals surface area contributed by atoms with Gasteiger partial charge in [-0.15, -0.1) is 11.3 Å². The molecular weight excluding hydrogens is 404 g/mol. The molecule has 0 aliphatic rings. The Hall–Kier alpha value is -3.03. The van der Waals surface area contributed by atoms with E-state index >= 15 is 0 Å². The summed E-state index contributed by atoms with van der Waals surface area (Å²) in [5.74, 6) is -1.33. The van der Waals surface area contributed by atoms with E-state index in [9.17, 15) is 13.2 Å². The summed E-state index contributed by atoms with van der Waals surface area (Å²) in [4.78, 5) is 16.7. The first kappa shape index (κ1) is 19.3. The van der Waals surface area contributed by atoms with Gasteiger partial charge in [0.05, 0.1) is 11.4 Å². The summed E-state index contributed by atoms with van der Waals surface area (Å²) < 4.78 is 24.6. The number of thiazole rings is 1. The molecule has 0 radical (unpaired) electrons. The molecule has 146 valence electrons. The Morgan fingerprint density at radius 3 is 2.48 bits per heavy atom. The molecule has 0 aliphatic heterocycles. The summed E-state index contributed by atoms with van der Waals surface area (Å²) in [7, 11) is -3.56. The molecule has 0 saturated carbocycles. The van der Waals surface area contributed by atoms with Crippen molar-refractivity contribution in [2.24, 2.45) is 0 Å². The van der Waals surface area contributed by atoms with Crippen LogP contribution >= 0.6 is 11.3 Å². The Balaban J connectivity index is 1.47. The second-order valence-electron chi connectivity index (χ2n) is 6.63. The maximum atomic E-state index is 12.3. The van der Waals surface area contributed by atoms with Crippen molar-refractivity contribution < 1.29 is 13.2 Å². The minimum atomic E-state index is -3.56. The number of hydrogen-bond acceptors (Lipinski definition) is 5. The summed E-state index contributed by atoms with van der Waals surface area (Å²) in [5, 5.41) is 7.03. The molecule has 1 heterocycles. The molecule has 0 aliphatic carbocycles. The van der Waals surface area contributed by atoms with Crippen LogP contribution in [0.5, 0.6) is 0 Å². The van der Waals surface area contributed by atoms with Crippen molar-refractivity contribution in [3.8, 4) is 11.3 Å². The van der Waals surface area contributed by atoms with Crippen molar-refractivity contribution in [2.45, 2.75) is 5.75 Å². The van der Waals surface area contributed by atoms with Crippen LogP contribution in [0, 0.1) is 0 Å². The van der Waals surface area contributed by atoms with Gasteiger partial charge >= 0.3 is 0 Å². The van der Waals surface area contributed by atoms with E-state index in [1.807, 2.05) is 53.9 Å². The number of amides is 1. The number of hydrogen-bond donors (Lipinski definition) is 1. The van der Waals surface area contributed by atoms with E-state index in [0.717, 1.165) is 22.0 Å². The van der Waals surface area contributed by atoms with E-state index in [1.54, 1.807) is 24.3 Å². The summed E-state index contributed by atoms with van der Waals surface area (Å²) in [6.07, 6.45) is 0. The highest BCUT2D eigenvalue weighted by atomic mass is 32.2. The second-order valence-corrected chi connectivity index (χ2v) is 9.55. The molecule has 7 heteroatoms. The number of nitrogens with one attached hydrogen (secondary N) is 1. The zero-order valence-electron chi connectivity index (χ0n) is 15.4. The number of carbonyl (C=O) groups excluding carboxylic acids is 1. The van der Waals surface area contributed by atoms with E-state index in [2.05, 4.69) is 10.3 Å². The third kappa shape index (κ3) is 4.70. The van der Waals surface area contributed by atoms with Crippen molar-refractivity contribution in [2.75, 3.05) is 11.1 Å². The van der Waals surface area contributed by atoms with E-state index in [-0.39, 0.29) is 5.75 Å². The van der Waals surface area contributed by atoms with Crippen LogP contribution in [-0.4, -0.2) is 25.1 Å². The largest absolute Gasteiger partial charge is 0.301 e. The Kier molecular flexibility index (Phi) is 5.42. The molecule has 29 heavy (non-hydrogen) atoms. The number of benzene rings is 3. The Morgan fingerprint density at radius 2 is 1.66 bits per heavy atom. The van der Waals surface area contributed by atoms with Crippen molar-refractivity contribution in [3.05, 3.63) is 83.7 Å². The quantitative estimate of drug-likeness (QED) is 0.496. The van der Waals surface area contributed by atoms with E-state index in [1.165, 1.54) is 11.3 Å². The molecule has 1 aromatic heterocycles. The van der Waals surface area contributed by atoms with Crippen molar-refractivity contribution >= 4 is 43.0 Å². The van der Waals surface area contributed by atoms with Crippen LogP contribution < -0.4 is 5.32 Å². The fourth-order valence-corrected chi connectivity index (χ4v) is 5.14. The highest BCUT2D eigenvalue weighted by molar-refractivity contribution is 7.91. The average Bonchev–Trinajstić information content (AvgIpc) is 3.15. The highest BCUT2D eigenvalue weighted by Crippen LogP contribution is 2.30. The summed E-state index contributed by atoms with van der Waals surface area (Å²) in [6, 6.07) is 22.8. The monoisotopic (exact) mass is 422 g/mol. The van der Waals surface area contributed by atoms with E-state index < -0.39 is 21.5 Å². The number of nitrogens with zero attached hydrogens (tertiary/aromatic N) is 1. The van der Waals surface area contributed by atoms with E-state index in [4.69, 9.17) is 0 Å². The number of aromatic nitrogens is 1. The van der Waals surface area contributed by atoms with Gasteiger partial charge in [-0.25, -0.2) is 13.4 Å². The minimum Gasteiger partial charge on any atom is -0.301 e. The first-order valence-electron chi connectivity index (χ1n) is 8.98. The van der Waals surface area contributed by atoms with Gasteiger partial charge in [-0.2, -0.15) is 0 Å². The maximum Gasteiger partial charge on any atom is 0.241 e. The van der Waals surface area contributed by atoms with Crippen LogP contribution in [0.4, 0.5) is 5.13 Å². The Bertz CT molecular complexity index is 1260. The summed E-state index contributed by atoms with van der Waals surface area (Å²) in [5.41, 5.74) is 2.37. The van der Waals surface area contributed by atoms with Crippen LogP contribution in [0.1, 0.15) is 5.56 Å². The van der Waals surface area contributed by atoms with E-state index in [0.29, 0.717) is 10.7 Å². The first-order valence-corrected chi connectivity index (χ1v) is 11.7. The standard InChI is InChI=1S/C22H18N2O3S2/c25-21(15-29(26,27)14-16-7-2-1-3-8-16)24-22-23-20(13-28-22)19-12-6-10-17-9-4-5-11-18(17)19/h1-13H,14-15H2,(H,23,24,25). The van der Waals surface area contributed by atoms with Gasteiger partial charge in [-0.05, 0) is 16.3 Å². The molecule has 3 aromatic carbocycles. The van der Waals surface area contributed by atoms with Crippen molar-refractivity contribution in [1.82, 2.24) is 4.98 Å². The summed E-state index contributed by atoms with van der Waals surface area (Å²) in [6.45, 7) is 0. The van der Waals surface area contributed by atoms with Gasteiger partial charge in [0.1, 0.15) is 5.75 Å². The van der Waals surface area contributed by atoms with Crippen molar-refractivity contribution in [1.29, 1.82) is 0 Å². The number of fused-ring (bicyclic) bond motifs is 1. The third-order valence-electron chi connectivity index (χ3n) is 4.40. The number of sulfone groups is 1. The zero-order valence-corrected chi connectivity index (χ0v) is 17.0. The molecule has 0 unspecified atom stereocenters. The molecule has 4 rings (SSSR count). The number of carbonyl (C=O) groups is 1. The lowest BCUT2D eigenvalue weighted by atomic mass is 10.0. The van der Waals surface area contributed by atoms with Gasteiger partial charge in [-0.3, -0.25) is 4.79 Å². The van der Waals surface area contributed by atoms with Crippen LogP contribution in [-0.2, 0) is 20.4 Å². The van der Waals surface area contributed by atoms with Gasteiger partial charge in [0.2, 0.25) is 5.91 Å². The molecule has 0 fully saturated rings. The Morgan fingerprint density at radius 1 is 0.931 bits per heavy atom. The lowest BCUT2D eigenvalue weighted by molar-refractivity contribution is -0.113. The van der Waals surface area contributed by atoms with Crippen molar-refractivity contribution in [3.63, 3.8) is 0 Å². The molecule has 0 bridgehead atoms. The summed E-state index contributed by atoms with van der Waals surface area (Å²) >= 11 is 1.27. The molecule has 5 nitrogen and oxygen atoms in total. The topological polar surface area (TPSA) is 76.1 Å². The fourth-order valence-electron chi connectivity index (χ4n) is 3.14. The second kappa shape index (κ2) is 8.14. The SMILES string of the molecule is O=C(CS(=O)(=O)Cc1ccccc1)Nc1nc(-c2cccc3ccccc23)cs1. The highest BCUT2D eigenvalue weighted by Gasteiger charge is 2.19. The predicted octanol–water partition coefficient (Wildman–Crippen LogP) is 4.52. The van der Waals surface area contributed by atoms with Crippen LogP contribution in [0.15, 0.2) is 78.2 Å². The lowest BCUT2D eigenvalue weighted by Gasteiger charge is -2.05.